The molecule has 9 heteroatoms. The lowest BCUT2D eigenvalue weighted by Crippen LogP contribution is -2.56. The summed E-state index contributed by atoms with van der Waals surface area (Å²) in [6, 6.07) is 7.54. The second kappa shape index (κ2) is 6.94. The summed E-state index contributed by atoms with van der Waals surface area (Å²) in [7, 11) is 0. The molecule has 6 rings (SSSR count). The molecular weight excluding hydrogens is 414 g/mol. The number of hydrogen-bond donors (Lipinski definition) is 1. The average molecular weight is 434 g/mol. The van der Waals surface area contributed by atoms with Crippen LogP contribution in [0.2, 0.25) is 0 Å². The molecule has 4 aromatic rings. The van der Waals surface area contributed by atoms with Gasteiger partial charge in [-0.1, -0.05) is 0 Å². The van der Waals surface area contributed by atoms with Gasteiger partial charge in [0.15, 0.2) is 0 Å². The Morgan fingerprint density at radius 2 is 2.00 bits per heavy atom. The molecular formula is C23H20F2N6O. The summed E-state index contributed by atoms with van der Waals surface area (Å²) in [6.07, 6.45) is 5.53. The van der Waals surface area contributed by atoms with E-state index >= 15 is 0 Å². The molecule has 1 saturated heterocycles. The Labute approximate surface area is 182 Å². The normalized spacial score (nSPS) is 20.9. The van der Waals surface area contributed by atoms with Gasteiger partial charge in [-0.3, -0.25) is 9.36 Å². The number of benzene rings is 1. The van der Waals surface area contributed by atoms with E-state index in [0.29, 0.717) is 11.7 Å². The number of H-pyrrole nitrogens is 1. The maximum absolute atomic E-state index is 13.2. The number of hydrogen-bond acceptors (Lipinski definition) is 4. The van der Waals surface area contributed by atoms with Gasteiger partial charge < -0.3 is 9.88 Å². The molecule has 0 unspecified atom stereocenters. The highest BCUT2D eigenvalue weighted by Crippen LogP contribution is 2.54. The summed E-state index contributed by atoms with van der Waals surface area (Å²) < 4.78 is 27.3. The first-order valence-corrected chi connectivity index (χ1v) is 10.6. The number of aryl methyl sites for hydroxylation is 1. The van der Waals surface area contributed by atoms with Crippen LogP contribution >= 0.6 is 0 Å². The van der Waals surface area contributed by atoms with Crippen LogP contribution in [0.5, 0.6) is 0 Å². The largest absolute Gasteiger partial charge is 0.345 e. The minimum Gasteiger partial charge on any atom is -0.345 e. The van der Waals surface area contributed by atoms with Crippen molar-refractivity contribution >= 4 is 22.6 Å². The molecule has 2 aliphatic rings. The fourth-order valence-electron chi connectivity index (χ4n) is 4.70. The zero-order chi connectivity index (χ0) is 22.0. The number of imidazole rings is 2. The third-order valence-electron chi connectivity index (χ3n) is 6.50. The zero-order valence-corrected chi connectivity index (χ0v) is 17.2. The van der Waals surface area contributed by atoms with Gasteiger partial charge in [-0.25, -0.2) is 23.7 Å². The van der Waals surface area contributed by atoms with E-state index < -0.39 is 6.43 Å². The van der Waals surface area contributed by atoms with Crippen LogP contribution < -0.4 is 4.90 Å². The van der Waals surface area contributed by atoms with E-state index in [1.54, 1.807) is 12.5 Å². The number of nitrogens with one attached hydrogen (secondary N) is 1. The van der Waals surface area contributed by atoms with Gasteiger partial charge in [0.1, 0.15) is 17.8 Å². The number of β-lactam (4-membered cyclic amide) rings is 1. The summed E-state index contributed by atoms with van der Waals surface area (Å²) in [5.41, 5.74) is 4.19. The lowest BCUT2D eigenvalue weighted by atomic mass is 9.78. The predicted octanol–water partition coefficient (Wildman–Crippen LogP) is 4.50. The Balaban J connectivity index is 1.37. The summed E-state index contributed by atoms with van der Waals surface area (Å²) in [4.78, 5) is 30.7. The molecule has 1 aliphatic carbocycles. The number of carbonyl (C=O) groups is 1. The monoisotopic (exact) mass is 434 g/mol. The third-order valence-corrected chi connectivity index (χ3v) is 6.50. The molecule has 1 saturated carbocycles. The molecule has 4 heterocycles. The van der Waals surface area contributed by atoms with Crippen molar-refractivity contribution in [3.63, 3.8) is 0 Å². The van der Waals surface area contributed by atoms with Crippen molar-refractivity contribution in [2.24, 2.45) is 11.8 Å². The van der Waals surface area contributed by atoms with Crippen molar-refractivity contribution in [2.45, 2.75) is 32.2 Å². The average Bonchev–Trinajstić information content (AvgIpc) is 3.26. The fraction of sp³-hybridized carbons (Fsp3) is 0.304. The highest BCUT2D eigenvalue weighted by Gasteiger charge is 2.55. The number of aromatic amines is 1. The van der Waals surface area contributed by atoms with Crippen LogP contribution in [0.25, 0.3) is 16.9 Å². The van der Waals surface area contributed by atoms with Gasteiger partial charge in [0, 0.05) is 18.1 Å². The highest BCUT2D eigenvalue weighted by atomic mass is 19.3. The van der Waals surface area contributed by atoms with E-state index in [2.05, 4.69) is 19.9 Å². The van der Waals surface area contributed by atoms with Gasteiger partial charge in [-0.05, 0) is 61.1 Å². The molecule has 2 fully saturated rings. The molecule has 1 aliphatic heterocycles. The Bertz CT molecular complexity index is 1340. The Morgan fingerprint density at radius 1 is 1.16 bits per heavy atom. The molecule has 1 aromatic carbocycles. The van der Waals surface area contributed by atoms with Crippen molar-refractivity contribution in [3.05, 3.63) is 66.1 Å². The molecule has 3 aromatic heterocycles. The Hall–Kier alpha value is -3.62. The summed E-state index contributed by atoms with van der Waals surface area (Å²) in [6.45, 7) is 1.97. The van der Waals surface area contributed by atoms with E-state index in [-0.39, 0.29) is 23.6 Å². The Morgan fingerprint density at radius 3 is 2.72 bits per heavy atom. The van der Waals surface area contributed by atoms with E-state index in [0.717, 1.165) is 40.7 Å². The first-order valence-electron chi connectivity index (χ1n) is 10.6. The Kier molecular flexibility index (Phi) is 4.14. The van der Waals surface area contributed by atoms with E-state index in [4.69, 9.17) is 0 Å². The summed E-state index contributed by atoms with van der Waals surface area (Å²) in [5, 5.41) is 0. The van der Waals surface area contributed by atoms with Gasteiger partial charge in [-0.2, -0.15) is 0 Å². The smallest absolute Gasteiger partial charge is 0.281 e. The van der Waals surface area contributed by atoms with Crippen molar-refractivity contribution in [1.82, 2.24) is 24.5 Å². The quantitative estimate of drug-likeness (QED) is 0.469. The molecule has 0 bridgehead atoms. The SMILES string of the molecule is Cc1cc(-n2cnc(C(F)F)c2)ncc1[C@@H]1[C@H](C2CC2)C(=O)N1c1ccc2[nH]cnc2c1. The van der Waals surface area contributed by atoms with Crippen LogP contribution in [0, 0.1) is 18.8 Å². The number of carbonyl (C=O) groups excluding carboxylic acids is 1. The number of halogens is 2. The van der Waals surface area contributed by atoms with Crippen molar-refractivity contribution < 1.29 is 13.6 Å². The van der Waals surface area contributed by atoms with E-state index in [1.165, 1.54) is 17.1 Å². The summed E-state index contributed by atoms with van der Waals surface area (Å²) in [5.74, 6) is 0.991. The molecule has 162 valence electrons. The van der Waals surface area contributed by atoms with Crippen LogP contribution in [0.1, 0.15) is 42.1 Å². The standard InChI is InChI=1S/C23H20F2N6O/c1-12-6-19(30-9-18(22(24)25)29-11-30)26-8-15(12)21-20(13-2-3-13)23(32)31(21)14-4-5-16-17(7-14)28-10-27-16/h4-11,13,20-22H,2-3H2,1H3,(H,27,28)/t20-,21+/m0/s1. The highest BCUT2D eigenvalue weighted by molar-refractivity contribution is 6.04. The lowest BCUT2D eigenvalue weighted by molar-refractivity contribution is -0.131. The molecule has 32 heavy (non-hydrogen) atoms. The number of anilines is 1. The van der Waals surface area contributed by atoms with Gasteiger partial charge in [-0.15, -0.1) is 0 Å². The fourth-order valence-corrected chi connectivity index (χ4v) is 4.70. The summed E-state index contributed by atoms with van der Waals surface area (Å²) >= 11 is 0. The van der Waals surface area contributed by atoms with Gasteiger partial charge in [0.2, 0.25) is 5.91 Å². The molecule has 1 N–H and O–H groups in total. The minimum atomic E-state index is -2.63. The number of alkyl halides is 2. The van der Waals surface area contributed by atoms with Crippen LogP contribution in [0.3, 0.4) is 0 Å². The van der Waals surface area contributed by atoms with Crippen LogP contribution in [-0.2, 0) is 4.79 Å². The maximum Gasteiger partial charge on any atom is 0.281 e. The van der Waals surface area contributed by atoms with Gasteiger partial charge in [0.25, 0.3) is 6.43 Å². The number of amides is 1. The van der Waals surface area contributed by atoms with Crippen LogP contribution in [-0.4, -0.2) is 30.4 Å². The van der Waals surface area contributed by atoms with Crippen molar-refractivity contribution in [2.75, 3.05) is 4.90 Å². The second-order valence-corrected chi connectivity index (χ2v) is 8.53. The minimum absolute atomic E-state index is 0.0603. The van der Waals surface area contributed by atoms with Crippen molar-refractivity contribution in [3.8, 4) is 5.82 Å². The molecule has 1 amide bonds. The number of pyridine rings is 1. The number of nitrogens with zero attached hydrogens (tertiary/aromatic N) is 5. The second-order valence-electron chi connectivity index (χ2n) is 8.53. The third kappa shape index (κ3) is 2.91. The number of aromatic nitrogens is 5. The molecule has 0 spiro atoms. The topological polar surface area (TPSA) is 79.7 Å². The first-order chi connectivity index (χ1) is 15.5. The van der Waals surface area contributed by atoms with Crippen molar-refractivity contribution in [1.29, 1.82) is 0 Å². The van der Waals surface area contributed by atoms with Crippen LogP contribution in [0.4, 0.5) is 14.5 Å². The molecule has 7 nitrogen and oxygen atoms in total. The number of fused-ring (bicyclic) bond motifs is 1. The van der Waals surface area contributed by atoms with Gasteiger partial charge in [0.05, 0.1) is 29.3 Å². The maximum atomic E-state index is 13.2. The van der Waals surface area contributed by atoms with Crippen LogP contribution in [0.15, 0.2) is 49.3 Å². The van der Waals surface area contributed by atoms with E-state index in [9.17, 15) is 13.6 Å². The predicted molar refractivity (Wildman–Crippen MR) is 114 cm³/mol. The van der Waals surface area contributed by atoms with Gasteiger partial charge >= 0.3 is 0 Å². The van der Waals surface area contributed by atoms with E-state index in [1.807, 2.05) is 36.1 Å². The molecule has 2 atom stereocenters. The lowest BCUT2D eigenvalue weighted by Gasteiger charge is -2.48. The zero-order valence-electron chi connectivity index (χ0n) is 17.2. The number of rotatable bonds is 5. The molecule has 0 radical (unpaired) electrons. The first kappa shape index (κ1) is 19.1.